The fourth-order valence-electron chi connectivity index (χ4n) is 1.00. The van der Waals surface area contributed by atoms with Crippen LogP contribution in [0.2, 0.25) is 5.02 Å². The van der Waals surface area contributed by atoms with Crippen molar-refractivity contribution in [2.45, 2.75) is 19.4 Å². The number of nitrogens with one attached hydrogen (secondary N) is 1. The highest BCUT2D eigenvalue weighted by Crippen LogP contribution is 2.22. The number of benzene rings is 1. The summed E-state index contributed by atoms with van der Waals surface area (Å²) in [6.07, 6.45) is 0.266. The lowest BCUT2D eigenvalue weighted by atomic mass is 10.2. The Morgan fingerprint density at radius 1 is 1.57 bits per heavy atom. The molecule has 0 aliphatic carbocycles. The van der Waals surface area contributed by atoms with Crippen molar-refractivity contribution in [3.63, 3.8) is 0 Å². The Labute approximate surface area is 87.7 Å². The van der Waals surface area contributed by atoms with E-state index in [1.54, 1.807) is 6.07 Å². The van der Waals surface area contributed by atoms with E-state index in [9.17, 15) is 9.50 Å². The lowest BCUT2D eigenvalue weighted by molar-refractivity contribution is 0.183. The monoisotopic (exact) mass is 217 g/mol. The summed E-state index contributed by atoms with van der Waals surface area (Å²) in [5.41, 5.74) is 0.639. The standard InChI is InChI=1S/C10H13ClFNO/c1-2-8(14)6-13-10-4-3-7(12)5-9(10)11/h3-5,8,13-14H,2,6H2,1H3/t8-/m1/s1. The van der Waals surface area contributed by atoms with Crippen LogP contribution in [0.15, 0.2) is 18.2 Å². The quantitative estimate of drug-likeness (QED) is 0.813. The lowest BCUT2D eigenvalue weighted by Gasteiger charge is -2.11. The van der Waals surface area contributed by atoms with Crippen molar-refractivity contribution in [2.75, 3.05) is 11.9 Å². The lowest BCUT2D eigenvalue weighted by Crippen LogP contribution is -2.18. The molecule has 1 rings (SSSR count). The molecule has 1 aromatic carbocycles. The Kier molecular flexibility index (Phi) is 4.17. The first-order valence-corrected chi connectivity index (χ1v) is 4.88. The Morgan fingerprint density at radius 3 is 2.86 bits per heavy atom. The second kappa shape index (κ2) is 5.17. The molecule has 0 fully saturated rings. The maximum Gasteiger partial charge on any atom is 0.124 e. The molecule has 0 spiro atoms. The van der Waals surface area contributed by atoms with E-state index in [1.165, 1.54) is 12.1 Å². The molecule has 0 aromatic heterocycles. The predicted molar refractivity (Wildman–Crippen MR) is 56.2 cm³/mol. The maximum atomic E-state index is 12.7. The highest BCUT2D eigenvalue weighted by Gasteiger charge is 2.04. The number of hydrogen-bond acceptors (Lipinski definition) is 2. The van der Waals surface area contributed by atoms with Crippen LogP contribution in [0.3, 0.4) is 0 Å². The van der Waals surface area contributed by atoms with Gasteiger partial charge in [-0.15, -0.1) is 0 Å². The van der Waals surface area contributed by atoms with Gasteiger partial charge >= 0.3 is 0 Å². The maximum absolute atomic E-state index is 12.7. The van der Waals surface area contributed by atoms with Gasteiger partial charge in [0.2, 0.25) is 0 Å². The molecule has 0 aliphatic heterocycles. The molecule has 0 saturated heterocycles. The average Bonchev–Trinajstić information content (AvgIpc) is 2.16. The van der Waals surface area contributed by atoms with E-state index in [2.05, 4.69) is 5.32 Å². The number of halogens is 2. The molecule has 4 heteroatoms. The summed E-state index contributed by atoms with van der Waals surface area (Å²) in [6.45, 7) is 2.31. The first-order valence-electron chi connectivity index (χ1n) is 4.50. The van der Waals surface area contributed by atoms with Gasteiger partial charge in [-0.1, -0.05) is 18.5 Å². The van der Waals surface area contributed by atoms with E-state index in [1.807, 2.05) is 6.92 Å². The highest BCUT2D eigenvalue weighted by molar-refractivity contribution is 6.33. The summed E-state index contributed by atoms with van der Waals surface area (Å²) in [4.78, 5) is 0. The zero-order valence-electron chi connectivity index (χ0n) is 7.93. The van der Waals surface area contributed by atoms with Gasteiger partial charge in [0, 0.05) is 6.54 Å². The van der Waals surface area contributed by atoms with Crippen LogP contribution >= 0.6 is 11.6 Å². The normalized spacial score (nSPS) is 12.6. The molecule has 1 aromatic rings. The molecule has 0 saturated carbocycles. The van der Waals surface area contributed by atoms with Crippen molar-refractivity contribution >= 4 is 17.3 Å². The fourth-order valence-corrected chi connectivity index (χ4v) is 1.24. The van der Waals surface area contributed by atoms with Crippen LogP contribution in [0, 0.1) is 5.82 Å². The van der Waals surface area contributed by atoms with Crippen LogP contribution in [0.1, 0.15) is 13.3 Å². The molecule has 0 heterocycles. The number of aliphatic hydroxyl groups excluding tert-OH is 1. The van der Waals surface area contributed by atoms with Crippen LogP contribution in [0.25, 0.3) is 0 Å². The molecule has 0 bridgehead atoms. The van der Waals surface area contributed by atoms with Crippen molar-refractivity contribution in [1.29, 1.82) is 0 Å². The zero-order chi connectivity index (χ0) is 10.6. The minimum atomic E-state index is -0.406. The first-order chi connectivity index (χ1) is 6.63. The largest absolute Gasteiger partial charge is 0.391 e. The smallest absolute Gasteiger partial charge is 0.124 e. The van der Waals surface area contributed by atoms with Crippen molar-refractivity contribution in [2.24, 2.45) is 0 Å². The third-order valence-electron chi connectivity index (χ3n) is 1.93. The van der Waals surface area contributed by atoms with Gasteiger partial charge in [0.25, 0.3) is 0 Å². The topological polar surface area (TPSA) is 32.3 Å². The summed E-state index contributed by atoms with van der Waals surface area (Å²) in [6, 6.07) is 4.12. The summed E-state index contributed by atoms with van der Waals surface area (Å²) in [5, 5.41) is 12.6. The van der Waals surface area contributed by atoms with E-state index < -0.39 is 6.10 Å². The molecule has 0 unspecified atom stereocenters. The van der Waals surface area contributed by atoms with Crippen molar-refractivity contribution < 1.29 is 9.50 Å². The van der Waals surface area contributed by atoms with Crippen molar-refractivity contribution in [3.8, 4) is 0 Å². The number of hydrogen-bond donors (Lipinski definition) is 2. The van der Waals surface area contributed by atoms with E-state index in [-0.39, 0.29) is 5.82 Å². The van der Waals surface area contributed by atoms with Crippen LogP contribution < -0.4 is 5.32 Å². The van der Waals surface area contributed by atoms with Gasteiger partial charge in [-0.05, 0) is 24.6 Å². The molecule has 0 aliphatic rings. The van der Waals surface area contributed by atoms with Gasteiger partial charge in [-0.25, -0.2) is 4.39 Å². The Morgan fingerprint density at radius 2 is 2.29 bits per heavy atom. The Hall–Kier alpha value is -0.800. The molecule has 78 valence electrons. The second-order valence-electron chi connectivity index (χ2n) is 3.07. The van der Waals surface area contributed by atoms with Crippen molar-refractivity contribution in [1.82, 2.24) is 0 Å². The van der Waals surface area contributed by atoms with Gasteiger partial charge in [0.05, 0.1) is 16.8 Å². The molecule has 0 amide bonds. The second-order valence-corrected chi connectivity index (χ2v) is 3.47. The van der Waals surface area contributed by atoms with Gasteiger partial charge in [-0.2, -0.15) is 0 Å². The van der Waals surface area contributed by atoms with E-state index in [0.717, 1.165) is 0 Å². The number of aliphatic hydroxyl groups is 1. The summed E-state index contributed by atoms with van der Waals surface area (Å²) in [7, 11) is 0. The SMILES string of the molecule is CC[C@@H](O)CNc1ccc(F)cc1Cl. The molecular formula is C10H13ClFNO. The average molecular weight is 218 g/mol. The molecule has 2 nitrogen and oxygen atoms in total. The first kappa shape index (κ1) is 11.3. The minimum Gasteiger partial charge on any atom is -0.391 e. The number of rotatable bonds is 4. The Bertz CT molecular complexity index is 306. The summed E-state index contributed by atoms with van der Waals surface area (Å²) >= 11 is 5.77. The third-order valence-corrected chi connectivity index (χ3v) is 2.24. The summed E-state index contributed by atoms with van der Waals surface area (Å²) < 4.78 is 12.7. The van der Waals surface area contributed by atoms with E-state index in [4.69, 9.17) is 11.6 Å². The molecular weight excluding hydrogens is 205 g/mol. The third kappa shape index (κ3) is 3.16. The summed E-state index contributed by atoms with van der Waals surface area (Å²) in [5.74, 6) is -0.364. The van der Waals surface area contributed by atoms with Crippen LogP contribution in [0.5, 0.6) is 0 Å². The fraction of sp³-hybridized carbons (Fsp3) is 0.400. The van der Waals surface area contributed by atoms with E-state index >= 15 is 0 Å². The molecule has 0 radical (unpaired) electrons. The van der Waals surface area contributed by atoms with Crippen LogP contribution in [-0.4, -0.2) is 17.8 Å². The predicted octanol–water partition coefficient (Wildman–Crippen LogP) is 2.66. The van der Waals surface area contributed by atoms with Crippen LogP contribution in [-0.2, 0) is 0 Å². The van der Waals surface area contributed by atoms with E-state index in [0.29, 0.717) is 23.7 Å². The molecule has 14 heavy (non-hydrogen) atoms. The number of anilines is 1. The Balaban J connectivity index is 2.59. The van der Waals surface area contributed by atoms with Gasteiger partial charge in [-0.3, -0.25) is 0 Å². The minimum absolute atomic E-state index is 0.327. The van der Waals surface area contributed by atoms with Crippen molar-refractivity contribution in [3.05, 3.63) is 29.0 Å². The highest BCUT2D eigenvalue weighted by atomic mass is 35.5. The van der Waals surface area contributed by atoms with Gasteiger partial charge < -0.3 is 10.4 Å². The van der Waals surface area contributed by atoms with Gasteiger partial charge in [0.15, 0.2) is 0 Å². The molecule has 2 N–H and O–H groups in total. The zero-order valence-corrected chi connectivity index (χ0v) is 8.68. The van der Waals surface area contributed by atoms with Crippen LogP contribution in [0.4, 0.5) is 10.1 Å². The molecule has 1 atom stereocenters. The van der Waals surface area contributed by atoms with Gasteiger partial charge in [0.1, 0.15) is 5.82 Å².